The van der Waals surface area contributed by atoms with Gasteiger partial charge in [0.2, 0.25) is 0 Å². The minimum Gasteiger partial charge on any atom is -0.493 e. The van der Waals surface area contributed by atoms with Crippen LogP contribution in [0.2, 0.25) is 0 Å². The number of benzene rings is 5. The number of hydrogen-bond acceptors (Lipinski definition) is 7. The van der Waals surface area contributed by atoms with Crippen molar-refractivity contribution < 1.29 is 4.74 Å². The number of aryl methyl sites for hydroxylation is 4. The van der Waals surface area contributed by atoms with E-state index in [1.165, 1.54) is 141 Å². The lowest BCUT2D eigenvalue weighted by atomic mass is 9.99. The van der Waals surface area contributed by atoms with Gasteiger partial charge in [-0.15, -0.1) is 22.7 Å². The first-order valence-corrected chi connectivity index (χ1v) is 28.2. The molecule has 69 heavy (non-hydrogen) atoms. The van der Waals surface area contributed by atoms with Crippen molar-refractivity contribution in [2.24, 2.45) is 5.92 Å². The Morgan fingerprint density at radius 1 is 0.594 bits per heavy atom. The maximum absolute atomic E-state index is 6.35. The van der Waals surface area contributed by atoms with Gasteiger partial charge < -0.3 is 9.64 Å². The Hall–Kier alpha value is -5.34. The molecule has 1 atom stereocenters. The summed E-state index contributed by atoms with van der Waals surface area (Å²) >= 11 is 5.05. The number of thiophene rings is 2. The highest BCUT2D eigenvalue weighted by Gasteiger charge is 2.20. The second-order valence-electron chi connectivity index (χ2n) is 18.9. The van der Waals surface area contributed by atoms with Gasteiger partial charge >= 0.3 is 0 Å². The Bertz CT molecular complexity index is 2820. The van der Waals surface area contributed by atoms with Crippen molar-refractivity contribution in [1.82, 2.24) is 8.75 Å². The Morgan fingerprint density at radius 2 is 1.22 bits per heavy atom. The average Bonchev–Trinajstić information content (AvgIpc) is 4.16. The van der Waals surface area contributed by atoms with Gasteiger partial charge in [0, 0.05) is 37.1 Å². The van der Waals surface area contributed by atoms with E-state index in [0.717, 1.165) is 65.3 Å². The van der Waals surface area contributed by atoms with Crippen LogP contribution in [0.15, 0.2) is 121 Å². The van der Waals surface area contributed by atoms with Crippen LogP contribution in [-0.2, 0) is 12.8 Å². The lowest BCUT2D eigenvalue weighted by Crippen LogP contribution is -2.11. The summed E-state index contributed by atoms with van der Waals surface area (Å²) in [6.07, 6.45) is 21.8. The van der Waals surface area contributed by atoms with Crippen molar-refractivity contribution in [1.29, 1.82) is 0 Å². The van der Waals surface area contributed by atoms with Crippen LogP contribution in [0.4, 0.5) is 17.1 Å². The van der Waals surface area contributed by atoms with E-state index in [0.29, 0.717) is 5.92 Å². The number of unbranched alkanes of at least 4 members (excludes halogenated alkanes) is 7. The molecule has 358 valence electrons. The highest BCUT2D eigenvalue weighted by molar-refractivity contribution is 7.16. The third-order valence-corrected chi connectivity index (χ3v) is 16.3. The second kappa shape index (κ2) is 25.0. The molecule has 5 aromatic carbocycles. The third-order valence-electron chi connectivity index (χ3n) is 13.5. The fourth-order valence-electron chi connectivity index (χ4n) is 9.23. The summed E-state index contributed by atoms with van der Waals surface area (Å²) in [6.45, 7) is 14.2. The summed E-state index contributed by atoms with van der Waals surface area (Å²) in [5.74, 6) is 1.53. The molecule has 0 saturated heterocycles. The Labute approximate surface area is 425 Å². The quantitative estimate of drug-likeness (QED) is 0.0535. The highest BCUT2D eigenvalue weighted by atomic mass is 32.1. The Balaban J connectivity index is 1.17. The number of fused-ring (bicyclic) bond motifs is 1. The van der Waals surface area contributed by atoms with Gasteiger partial charge in [0.25, 0.3) is 0 Å². The van der Waals surface area contributed by atoms with Crippen LogP contribution in [0, 0.1) is 19.8 Å². The van der Waals surface area contributed by atoms with Gasteiger partial charge in [-0.3, -0.25) is 0 Å². The average molecular weight is 970 g/mol. The van der Waals surface area contributed by atoms with E-state index in [4.69, 9.17) is 13.5 Å². The largest absolute Gasteiger partial charge is 0.493 e. The van der Waals surface area contributed by atoms with Crippen LogP contribution in [0.5, 0.6) is 5.75 Å². The first kappa shape index (κ1) is 50.1. The van der Waals surface area contributed by atoms with Crippen LogP contribution in [0.1, 0.15) is 137 Å². The van der Waals surface area contributed by atoms with Crippen LogP contribution >= 0.6 is 34.4 Å². The van der Waals surface area contributed by atoms with Gasteiger partial charge in [0.1, 0.15) is 16.8 Å². The number of hydrogen-bond donors (Lipinski definition) is 0. The summed E-state index contributed by atoms with van der Waals surface area (Å²) in [5.41, 5.74) is 16.6. The number of rotatable bonds is 25. The molecule has 0 fully saturated rings. The van der Waals surface area contributed by atoms with E-state index in [1.807, 2.05) is 22.7 Å². The first-order valence-electron chi connectivity index (χ1n) is 25.8. The molecule has 0 saturated carbocycles. The fourth-order valence-corrected chi connectivity index (χ4v) is 11.9. The van der Waals surface area contributed by atoms with Gasteiger partial charge in [-0.25, -0.2) is 0 Å². The van der Waals surface area contributed by atoms with Gasteiger partial charge in [-0.05, 0) is 152 Å². The maximum Gasteiger partial charge on any atom is 0.119 e. The number of ether oxygens (including phenoxy) is 1. The van der Waals surface area contributed by atoms with E-state index in [9.17, 15) is 0 Å². The fraction of sp³-hybridized carbons (Fsp3) is 0.355. The molecule has 1 unspecified atom stereocenters. The predicted molar refractivity (Wildman–Crippen MR) is 303 cm³/mol. The lowest BCUT2D eigenvalue weighted by molar-refractivity contribution is 0.233. The molecule has 0 radical (unpaired) electrons. The van der Waals surface area contributed by atoms with E-state index >= 15 is 0 Å². The molecule has 8 rings (SSSR count). The summed E-state index contributed by atoms with van der Waals surface area (Å²) < 4.78 is 16.2. The third kappa shape index (κ3) is 12.9. The molecule has 0 aliphatic heterocycles. The number of aromatic nitrogens is 2. The molecular weight excluding hydrogens is 899 g/mol. The molecule has 7 heteroatoms. The topological polar surface area (TPSA) is 38.2 Å². The van der Waals surface area contributed by atoms with Crippen LogP contribution in [-0.4, -0.2) is 15.4 Å². The van der Waals surface area contributed by atoms with Crippen LogP contribution < -0.4 is 9.64 Å². The zero-order chi connectivity index (χ0) is 48.0. The molecular formula is C62H71N3OS3. The Kier molecular flexibility index (Phi) is 18.1. The normalized spacial score (nSPS) is 12.1. The lowest BCUT2D eigenvalue weighted by Gasteiger charge is -2.28. The van der Waals surface area contributed by atoms with Crippen LogP contribution in [0.3, 0.4) is 0 Å². The molecule has 8 aromatic rings. The molecule has 0 spiro atoms. The molecule has 0 aliphatic rings. The predicted octanol–water partition coefficient (Wildman–Crippen LogP) is 19.9. The molecule has 0 N–H and O–H groups in total. The van der Waals surface area contributed by atoms with Crippen molar-refractivity contribution in [2.75, 3.05) is 11.5 Å². The van der Waals surface area contributed by atoms with Gasteiger partial charge in [-0.1, -0.05) is 157 Å². The molecule has 0 aliphatic carbocycles. The summed E-state index contributed by atoms with van der Waals surface area (Å²) in [5, 5.41) is 2.34. The summed E-state index contributed by atoms with van der Waals surface area (Å²) in [6, 6.07) is 42.9. The number of nitrogens with zero attached hydrogens (tertiary/aromatic N) is 3. The van der Waals surface area contributed by atoms with E-state index < -0.39 is 0 Å². The van der Waals surface area contributed by atoms with Crippen LogP contribution in [0.25, 0.3) is 55.2 Å². The zero-order valence-corrected chi connectivity index (χ0v) is 44.3. The standard InChI is InChI=1S/C62H71N3OS3/c1-7-11-14-16-19-47-39-59(67-43-47)55-35-36-56(62-61(55)63-69-64-62)60-41-51(20-17-15-12-8-2)58(68-60)38-28-50-40-49(48-25-33-54(34-26-48)66-42-46(10-4)18-13-9-3)27-37-57(50)65(52-29-21-44(5)22-30-52)53-31-23-45(6)24-32-53/h21-41,43,46H,7-20,42H2,1-6H3/b38-28+. The van der Waals surface area contributed by atoms with E-state index in [2.05, 4.69) is 179 Å². The van der Waals surface area contributed by atoms with Gasteiger partial charge in [0.15, 0.2) is 0 Å². The van der Waals surface area contributed by atoms with E-state index in [1.54, 1.807) is 0 Å². The second-order valence-corrected chi connectivity index (χ2v) is 21.5. The molecule has 0 bridgehead atoms. The van der Waals surface area contributed by atoms with E-state index in [-0.39, 0.29) is 0 Å². The molecule has 0 amide bonds. The molecule has 3 aromatic heterocycles. The molecule has 4 nitrogen and oxygen atoms in total. The Morgan fingerprint density at radius 3 is 1.86 bits per heavy atom. The minimum atomic E-state index is 0.591. The zero-order valence-electron chi connectivity index (χ0n) is 41.9. The SMILES string of the molecule is CCCCCCc1csc(-c2ccc(-c3cc(CCCCCC)c(/C=C/c4cc(-c5ccc(OCC(CC)CCCC)cc5)ccc4N(c4ccc(C)cc4)c4ccc(C)cc4)s3)c3nsnc23)c1. The van der Waals surface area contributed by atoms with Crippen molar-refractivity contribution >= 4 is 74.6 Å². The first-order chi connectivity index (χ1) is 33.8. The highest BCUT2D eigenvalue weighted by Crippen LogP contribution is 2.43. The van der Waals surface area contributed by atoms with Crippen molar-refractivity contribution in [2.45, 2.75) is 131 Å². The summed E-state index contributed by atoms with van der Waals surface area (Å²) in [7, 11) is 0. The minimum absolute atomic E-state index is 0.591. The molecule has 3 heterocycles. The van der Waals surface area contributed by atoms with Crippen molar-refractivity contribution in [3.8, 4) is 37.8 Å². The number of anilines is 3. The summed E-state index contributed by atoms with van der Waals surface area (Å²) in [4.78, 5) is 6.24. The van der Waals surface area contributed by atoms with Crippen molar-refractivity contribution in [3.63, 3.8) is 0 Å². The van der Waals surface area contributed by atoms with Crippen molar-refractivity contribution in [3.05, 3.63) is 153 Å². The smallest absolute Gasteiger partial charge is 0.119 e. The monoisotopic (exact) mass is 969 g/mol. The van der Waals surface area contributed by atoms with Gasteiger partial charge in [-0.2, -0.15) is 8.75 Å². The maximum atomic E-state index is 6.35. The van der Waals surface area contributed by atoms with Gasteiger partial charge in [0.05, 0.1) is 24.0 Å².